The second-order valence-electron chi connectivity index (χ2n) is 3.66. The van der Waals surface area contributed by atoms with Crippen molar-refractivity contribution in [2.75, 3.05) is 13.7 Å². The number of aryl methyl sites for hydroxylation is 1. The predicted molar refractivity (Wildman–Crippen MR) is 61.4 cm³/mol. The minimum atomic E-state index is -3.69. The largest absolute Gasteiger partial charge is 0.481 e. The summed E-state index contributed by atoms with van der Waals surface area (Å²) in [5.41, 5.74) is 0. The Labute approximate surface area is 105 Å². The maximum atomic E-state index is 11.8. The van der Waals surface area contributed by atoms with Gasteiger partial charge in [0, 0.05) is 26.9 Å². The van der Waals surface area contributed by atoms with Crippen LogP contribution in [0.15, 0.2) is 17.3 Å². The number of carboxylic acids is 1. The molecule has 0 aliphatic rings. The highest BCUT2D eigenvalue weighted by atomic mass is 32.2. The predicted octanol–water partition coefficient (Wildman–Crippen LogP) is -0.812. The summed E-state index contributed by atoms with van der Waals surface area (Å²) in [6, 6.07) is 0. The van der Waals surface area contributed by atoms with Gasteiger partial charge in [0.15, 0.2) is 0 Å². The summed E-state index contributed by atoms with van der Waals surface area (Å²) in [5, 5.41) is 12.3. The fourth-order valence-electron chi connectivity index (χ4n) is 1.26. The van der Waals surface area contributed by atoms with Crippen molar-refractivity contribution >= 4 is 16.0 Å². The number of sulfonamides is 1. The summed E-state index contributed by atoms with van der Waals surface area (Å²) < 4.78 is 32.1. The highest BCUT2D eigenvalue weighted by molar-refractivity contribution is 7.89. The lowest BCUT2D eigenvalue weighted by Gasteiger charge is -2.13. The molecule has 1 heterocycles. The smallest absolute Gasteiger partial charge is 0.306 e. The minimum absolute atomic E-state index is 0.0233. The molecule has 8 nitrogen and oxygen atoms in total. The van der Waals surface area contributed by atoms with Crippen molar-refractivity contribution in [2.45, 2.75) is 17.4 Å². The molecule has 2 N–H and O–H groups in total. The van der Waals surface area contributed by atoms with E-state index < -0.39 is 22.1 Å². The van der Waals surface area contributed by atoms with Gasteiger partial charge in [-0.15, -0.1) is 0 Å². The topological polar surface area (TPSA) is 111 Å². The van der Waals surface area contributed by atoms with Crippen molar-refractivity contribution in [3.8, 4) is 0 Å². The third-order valence-electron chi connectivity index (χ3n) is 2.23. The van der Waals surface area contributed by atoms with Crippen molar-refractivity contribution in [1.82, 2.24) is 14.5 Å². The van der Waals surface area contributed by atoms with Crippen LogP contribution in [0.4, 0.5) is 0 Å². The Hall–Kier alpha value is -1.45. The van der Waals surface area contributed by atoms with Gasteiger partial charge in [0.05, 0.1) is 18.7 Å². The fraction of sp³-hybridized carbons (Fsp3) is 0.556. The molecular weight excluding hydrogens is 262 g/mol. The number of aliphatic carboxylic acids is 1. The molecule has 1 aromatic rings. The van der Waals surface area contributed by atoms with E-state index in [2.05, 4.69) is 9.82 Å². The molecule has 102 valence electrons. The lowest BCUT2D eigenvalue weighted by Crippen LogP contribution is -2.34. The number of nitrogens with one attached hydrogen (secondary N) is 1. The Morgan fingerprint density at radius 1 is 1.67 bits per heavy atom. The standard InChI is InChI=1S/C9H15N3O5S/c1-12-6-8(5-10-12)18(15,16)11-4-7(17-2)3-9(13)14/h5-7,11H,3-4H2,1-2H3,(H,13,14). The molecule has 18 heavy (non-hydrogen) atoms. The molecule has 0 aliphatic heterocycles. The van der Waals surface area contributed by atoms with Crippen LogP contribution in [0.1, 0.15) is 6.42 Å². The molecule has 0 saturated carbocycles. The Bertz CT molecular complexity index is 510. The molecule has 1 unspecified atom stereocenters. The molecule has 0 aromatic carbocycles. The van der Waals surface area contributed by atoms with Gasteiger partial charge >= 0.3 is 5.97 Å². The van der Waals surface area contributed by atoms with E-state index in [4.69, 9.17) is 9.84 Å². The molecule has 0 radical (unpaired) electrons. The number of hydrogen-bond acceptors (Lipinski definition) is 5. The summed E-state index contributed by atoms with van der Waals surface area (Å²) >= 11 is 0. The van der Waals surface area contributed by atoms with E-state index >= 15 is 0 Å². The van der Waals surface area contributed by atoms with Gasteiger partial charge in [-0.2, -0.15) is 5.10 Å². The SMILES string of the molecule is COC(CNS(=O)(=O)c1cnn(C)c1)CC(=O)O. The van der Waals surface area contributed by atoms with Gasteiger partial charge in [0.25, 0.3) is 0 Å². The Balaban J connectivity index is 2.64. The van der Waals surface area contributed by atoms with Crippen molar-refractivity contribution in [3.63, 3.8) is 0 Å². The molecule has 9 heteroatoms. The summed E-state index contributed by atoms with van der Waals surface area (Å²) in [4.78, 5) is 10.5. The Morgan fingerprint density at radius 3 is 2.78 bits per heavy atom. The van der Waals surface area contributed by atoms with Crippen LogP contribution in [0.5, 0.6) is 0 Å². The van der Waals surface area contributed by atoms with Gasteiger partial charge in [0.1, 0.15) is 4.90 Å². The van der Waals surface area contributed by atoms with Crippen LogP contribution < -0.4 is 4.72 Å². The summed E-state index contributed by atoms with van der Waals surface area (Å²) in [6.45, 7) is -0.111. The van der Waals surface area contributed by atoms with E-state index in [-0.39, 0.29) is 17.9 Å². The quantitative estimate of drug-likeness (QED) is 0.674. The van der Waals surface area contributed by atoms with Gasteiger partial charge < -0.3 is 9.84 Å². The average Bonchev–Trinajstić information content (AvgIpc) is 2.71. The molecule has 0 amide bonds. The first-order chi connectivity index (χ1) is 8.35. The summed E-state index contributed by atoms with van der Waals surface area (Å²) in [5.74, 6) is -1.05. The Kier molecular flexibility index (Phi) is 4.82. The molecule has 0 saturated heterocycles. The minimum Gasteiger partial charge on any atom is -0.481 e. The van der Waals surface area contributed by atoms with Gasteiger partial charge in [-0.25, -0.2) is 13.1 Å². The Morgan fingerprint density at radius 2 is 2.33 bits per heavy atom. The molecule has 0 bridgehead atoms. The van der Waals surface area contributed by atoms with Crippen molar-refractivity contribution in [2.24, 2.45) is 7.05 Å². The fourth-order valence-corrected chi connectivity index (χ4v) is 2.31. The first kappa shape index (κ1) is 14.6. The van der Waals surface area contributed by atoms with E-state index in [9.17, 15) is 13.2 Å². The van der Waals surface area contributed by atoms with E-state index in [1.54, 1.807) is 7.05 Å². The second kappa shape index (κ2) is 5.94. The first-order valence-electron chi connectivity index (χ1n) is 5.08. The van der Waals surface area contributed by atoms with Crippen LogP contribution in [-0.4, -0.2) is 49.0 Å². The number of carboxylic acid groups (broad SMARTS) is 1. The van der Waals surface area contributed by atoms with E-state index in [0.717, 1.165) is 0 Å². The van der Waals surface area contributed by atoms with Crippen LogP contribution in [0, 0.1) is 0 Å². The van der Waals surface area contributed by atoms with Crippen molar-refractivity contribution < 1.29 is 23.1 Å². The average molecular weight is 277 g/mol. The molecular formula is C9H15N3O5S. The zero-order chi connectivity index (χ0) is 13.8. The number of ether oxygens (including phenoxy) is 1. The van der Waals surface area contributed by atoms with Gasteiger partial charge in [-0.05, 0) is 0 Å². The zero-order valence-electron chi connectivity index (χ0n) is 10.0. The van der Waals surface area contributed by atoms with Crippen molar-refractivity contribution in [3.05, 3.63) is 12.4 Å². The van der Waals surface area contributed by atoms with Crippen LogP contribution in [0.3, 0.4) is 0 Å². The van der Waals surface area contributed by atoms with E-state index in [0.29, 0.717) is 0 Å². The molecule has 0 fully saturated rings. The first-order valence-corrected chi connectivity index (χ1v) is 6.56. The summed E-state index contributed by atoms with van der Waals surface area (Å²) in [6.07, 6.45) is 1.57. The zero-order valence-corrected chi connectivity index (χ0v) is 10.8. The highest BCUT2D eigenvalue weighted by Crippen LogP contribution is 2.06. The number of hydrogen-bond donors (Lipinski definition) is 2. The van der Waals surface area contributed by atoms with Gasteiger partial charge in [-0.1, -0.05) is 0 Å². The third-order valence-corrected chi connectivity index (χ3v) is 3.61. The lowest BCUT2D eigenvalue weighted by atomic mass is 10.2. The highest BCUT2D eigenvalue weighted by Gasteiger charge is 2.19. The van der Waals surface area contributed by atoms with Crippen LogP contribution in [0.2, 0.25) is 0 Å². The van der Waals surface area contributed by atoms with Crippen LogP contribution >= 0.6 is 0 Å². The second-order valence-corrected chi connectivity index (χ2v) is 5.42. The van der Waals surface area contributed by atoms with Crippen LogP contribution in [0.25, 0.3) is 0 Å². The normalized spacial score (nSPS) is 13.4. The molecule has 1 rings (SSSR count). The maximum absolute atomic E-state index is 11.8. The number of carbonyl (C=O) groups is 1. The number of rotatable bonds is 7. The molecule has 0 aliphatic carbocycles. The molecule has 1 aromatic heterocycles. The number of aromatic nitrogens is 2. The number of methoxy groups -OCH3 is 1. The third kappa shape index (κ3) is 4.09. The maximum Gasteiger partial charge on any atom is 0.306 e. The van der Waals surface area contributed by atoms with Gasteiger partial charge in [0.2, 0.25) is 10.0 Å². The molecule has 0 spiro atoms. The summed E-state index contributed by atoms with van der Waals surface area (Å²) in [7, 11) is -0.763. The monoisotopic (exact) mass is 277 g/mol. The van der Waals surface area contributed by atoms with E-state index in [1.807, 2.05) is 0 Å². The molecule has 1 atom stereocenters. The number of nitrogens with zero attached hydrogens (tertiary/aromatic N) is 2. The van der Waals surface area contributed by atoms with Gasteiger partial charge in [-0.3, -0.25) is 9.48 Å². The van der Waals surface area contributed by atoms with Crippen molar-refractivity contribution in [1.29, 1.82) is 0 Å². The lowest BCUT2D eigenvalue weighted by molar-refractivity contribution is -0.139. The van der Waals surface area contributed by atoms with E-state index in [1.165, 1.54) is 24.2 Å². The van der Waals surface area contributed by atoms with Crippen LogP contribution in [-0.2, 0) is 26.6 Å².